The Morgan fingerprint density at radius 3 is 2.65 bits per heavy atom. The molecule has 2 aliphatic rings. The highest BCUT2D eigenvalue weighted by molar-refractivity contribution is 5.92. The van der Waals surface area contributed by atoms with Crippen LogP contribution < -0.4 is 0 Å². The van der Waals surface area contributed by atoms with Gasteiger partial charge in [0.2, 0.25) is 6.29 Å². The van der Waals surface area contributed by atoms with Gasteiger partial charge in [0.15, 0.2) is 5.76 Å². The molecular formula is C21H29NO4. The van der Waals surface area contributed by atoms with E-state index in [1.165, 1.54) is 0 Å². The van der Waals surface area contributed by atoms with E-state index in [1.807, 2.05) is 36.1 Å². The van der Waals surface area contributed by atoms with Gasteiger partial charge in [-0.25, -0.2) is 0 Å². The second-order valence-corrected chi connectivity index (χ2v) is 6.94. The van der Waals surface area contributed by atoms with E-state index in [4.69, 9.17) is 9.47 Å². The maximum atomic E-state index is 12.9. The van der Waals surface area contributed by atoms with E-state index in [-0.39, 0.29) is 24.3 Å². The first kappa shape index (κ1) is 18.9. The summed E-state index contributed by atoms with van der Waals surface area (Å²) in [5.74, 6) is 0.474. The summed E-state index contributed by atoms with van der Waals surface area (Å²) in [4.78, 5) is 14.8. The fourth-order valence-electron chi connectivity index (χ4n) is 3.89. The van der Waals surface area contributed by atoms with E-state index in [1.54, 1.807) is 0 Å². The van der Waals surface area contributed by atoms with Crippen molar-refractivity contribution in [2.24, 2.45) is 5.92 Å². The summed E-state index contributed by atoms with van der Waals surface area (Å²) < 4.78 is 11.9. The quantitative estimate of drug-likeness (QED) is 0.813. The van der Waals surface area contributed by atoms with Gasteiger partial charge in [-0.2, -0.15) is 0 Å². The van der Waals surface area contributed by atoms with Crippen LogP contribution in [0.25, 0.3) is 0 Å². The van der Waals surface area contributed by atoms with Crippen molar-refractivity contribution in [1.29, 1.82) is 0 Å². The van der Waals surface area contributed by atoms with Crippen LogP contribution >= 0.6 is 0 Å². The average Bonchev–Trinajstić information content (AvgIpc) is 3.21. The largest absolute Gasteiger partial charge is 0.459 e. The molecule has 1 aromatic rings. The standard InChI is InChI=1S/C21H29NO4/c1-2-25-21-17(11-8-14-23)18(16-9-4-3-5-10-16)15-19(26-21)20(24)22-12-6-7-13-22/h3-5,9-10,15,17-18,21,23H,2,6-8,11-14H2,1H3/t17-,18-,21-/m1/s1. The monoisotopic (exact) mass is 359 g/mol. The molecule has 26 heavy (non-hydrogen) atoms. The van der Waals surface area contributed by atoms with Gasteiger partial charge in [0.25, 0.3) is 5.91 Å². The molecule has 0 bridgehead atoms. The van der Waals surface area contributed by atoms with Gasteiger partial charge in [-0.3, -0.25) is 4.79 Å². The summed E-state index contributed by atoms with van der Waals surface area (Å²) in [5, 5.41) is 9.30. The van der Waals surface area contributed by atoms with Crippen LogP contribution in [0, 0.1) is 5.92 Å². The summed E-state index contributed by atoms with van der Waals surface area (Å²) in [5.41, 5.74) is 1.15. The number of aliphatic hydroxyl groups is 1. The number of nitrogens with zero attached hydrogens (tertiary/aromatic N) is 1. The molecule has 5 heteroatoms. The number of hydrogen-bond acceptors (Lipinski definition) is 4. The van der Waals surface area contributed by atoms with E-state index in [0.717, 1.165) is 37.9 Å². The van der Waals surface area contributed by atoms with Crippen molar-refractivity contribution in [2.75, 3.05) is 26.3 Å². The molecule has 2 aliphatic heterocycles. The molecule has 0 spiro atoms. The topological polar surface area (TPSA) is 59.0 Å². The maximum absolute atomic E-state index is 12.9. The number of ether oxygens (including phenoxy) is 2. The lowest BCUT2D eigenvalue weighted by molar-refractivity contribution is -0.170. The fraction of sp³-hybridized carbons (Fsp3) is 0.571. The molecule has 1 aromatic carbocycles. The predicted octanol–water partition coefficient (Wildman–Crippen LogP) is 3.06. The number of hydrogen-bond donors (Lipinski definition) is 1. The normalized spacial score (nSPS) is 25.7. The number of likely N-dealkylation sites (tertiary alicyclic amines) is 1. The second kappa shape index (κ2) is 9.19. The lowest BCUT2D eigenvalue weighted by Crippen LogP contribution is -2.39. The summed E-state index contributed by atoms with van der Waals surface area (Å²) in [7, 11) is 0. The van der Waals surface area contributed by atoms with Gasteiger partial charge >= 0.3 is 0 Å². The summed E-state index contributed by atoms with van der Waals surface area (Å²) >= 11 is 0. The van der Waals surface area contributed by atoms with Gasteiger partial charge in [-0.1, -0.05) is 30.3 Å². The van der Waals surface area contributed by atoms with E-state index in [9.17, 15) is 9.90 Å². The molecule has 0 saturated carbocycles. The third-order valence-electron chi connectivity index (χ3n) is 5.20. The van der Waals surface area contributed by atoms with Crippen LogP contribution in [-0.4, -0.2) is 48.5 Å². The van der Waals surface area contributed by atoms with Gasteiger partial charge in [0, 0.05) is 38.1 Å². The molecule has 0 aromatic heterocycles. The molecule has 1 saturated heterocycles. The smallest absolute Gasteiger partial charge is 0.288 e. The molecule has 1 fully saturated rings. The summed E-state index contributed by atoms with van der Waals surface area (Å²) in [6.07, 6.45) is 5.06. The van der Waals surface area contributed by atoms with Crippen LogP contribution in [0.5, 0.6) is 0 Å². The minimum absolute atomic E-state index is 0.0336. The SMILES string of the molecule is CCO[C@@H]1OC(C(=O)N2CCCC2)=C[C@H](c2ccccc2)[C@H]1CCCO. The van der Waals surface area contributed by atoms with Gasteiger partial charge in [0.1, 0.15) is 0 Å². The zero-order valence-corrected chi connectivity index (χ0v) is 15.5. The van der Waals surface area contributed by atoms with Crippen molar-refractivity contribution < 1.29 is 19.4 Å². The van der Waals surface area contributed by atoms with Crippen LogP contribution in [0.3, 0.4) is 0 Å². The third-order valence-corrected chi connectivity index (χ3v) is 5.20. The van der Waals surface area contributed by atoms with E-state index in [2.05, 4.69) is 12.1 Å². The molecule has 1 amide bonds. The highest BCUT2D eigenvalue weighted by Gasteiger charge is 2.38. The highest BCUT2D eigenvalue weighted by Crippen LogP contribution is 2.39. The number of amides is 1. The zero-order valence-electron chi connectivity index (χ0n) is 15.5. The number of allylic oxidation sites excluding steroid dienone is 1. The van der Waals surface area contributed by atoms with Crippen molar-refractivity contribution in [3.05, 3.63) is 47.7 Å². The van der Waals surface area contributed by atoms with E-state index >= 15 is 0 Å². The first-order valence-corrected chi connectivity index (χ1v) is 9.69. The van der Waals surface area contributed by atoms with E-state index in [0.29, 0.717) is 18.8 Å². The van der Waals surface area contributed by atoms with Gasteiger partial charge in [-0.15, -0.1) is 0 Å². The zero-order chi connectivity index (χ0) is 18.4. The first-order chi connectivity index (χ1) is 12.7. The van der Waals surface area contributed by atoms with Gasteiger partial charge in [-0.05, 0) is 44.2 Å². The molecule has 0 radical (unpaired) electrons. The van der Waals surface area contributed by atoms with Crippen molar-refractivity contribution in [3.8, 4) is 0 Å². The maximum Gasteiger partial charge on any atom is 0.288 e. The second-order valence-electron chi connectivity index (χ2n) is 6.94. The Labute approximate surface area is 155 Å². The molecule has 0 unspecified atom stereocenters. The van der Waals surface area contributed by atoms with Crippen LogP contribution in [0.2, 0.25) is 0 Å². The van der Waals surface area contributed by atoms with Crippen molar-refractivity contribution >= 4 is 5.91 Å². The summed E-state index contributed by atoms with van der Waals surface area (Å²) in [6, 6.07) is 10.2. The molecule has 5 nitrogen and oxygen atoms in total. The van der Waals surface area contributed by atoms with Crippen LogP contribution in [0.4, 0.5) is 0 Å². The molecule has 3 atom stereocenters. The minimum Gasteiger partial charge on any atom is -0.459 e. The molecule has 2 heterocycles. The number of benzene rings is 1. The Kier molecular flexibility index (Phi) is 6.69. The van der Waals surface area contributed by atoms with Gasteiger partial charge < -0.3 is 19.5 Å². The lowest BCUT2D eigenvalue weighted by Gasteiger charge is -2.37. The number of rotatable bonds is 7. The molecule has 0 aliphatic carbocycles. The molecule has 142 valence electrons. The fourth-order valence-corrected chi connectivity index (χ4v) is 3.89. The Hall–Kier alpha value is -1.85. The minimum atomic E-state index is -0.469. The Bertz CT molecular complexity index is 610. The molecule has 3 rings (SSSR count). The van der Waals surface area contributed by atoms with Crippen molar-refractivity contribution in [3.63, 3.8) is 0 Å². The third kappa shape index (κ3) is 4.27. The van der Waals surface area contributed by atoms with Crippen molar-refractivity contribution in [2.45, 2.75) is 44.8 Å². The van der Waals surface area contributed by atoms with E-state index < -0.39 is 6.29 Å². The Morgan fingerprint density at radius 1 is 1.27 bits per heavy atom. The molecule has 1 N–H and O–H groups in total. The van der Waals surface area contributed by atoms with Crippen molar-refractivity contribution in [1.82, 2.24) is 4.90 Å². The Balaban J connectivity index is 1.91. The predicted molar refractivity (Wildman–Crippen MR) is 99.4 cm³/mol. The lowest BCUT2D eigenvalue weighted by atomic mass is 9.80. The number of carbonyl (C=O) groups excluding carboxylic acids is 1. The van der Waals surface area contributed by atoms with Crippen LogP contribution in [-0.2, 0) is 14.3 Å². The first-order valence-electron chi connectivity index (χ1n) is 9.69. The van der Waals surface area contributed by atoms with Crippen LogP contribution in [0.15, 0.2) is 42.2 Å². The summed E-state index contributed by atoms with van der Waals surface area (Å²) in [6.45, 7) is 4.18. The van der Waals surface area contributed by atoms with Gasteiger partial charge in [0.05, 0.1) is 0 Å². The average molecular weight is 359 g/mol. The molecular weight excluding hydrogens is 330 g/mol. The van der Waals surface area contributed by atoms with Crippen LogP contribution in [0.1, 0.15) is 44.1 Å². The number of aliphatic hydroxyl groups excluding tert-OH is 1. The Morgan fingerprint density at radius 2 is 2.00 bits per heavy atom. The number of carbonyl (C=O) groups is 1. The highest BCUT2D eigenvalue weighted by atomic mass is 16.7.